The summed E-state index contributed by atoms with van der Waals surface area (Å²) in [6.45, 7) is 6.93. The highest BCUT2D eigenvalue weighted by Gasteiger charge is 2.35. The summed E-state index contributed by atoms with van der Waals surface area (Å²) < 4.78 is 29.5. The lowest BCUT2D eigenvalue weighted by molar-refractivity contribution is -0.140. The normalized spacial score (nSPS) is 12.0. The molecular weight excluding hydrogens is 594 g/mol. The maximum Gasteiger partial charge on any atom is 0.264 e. The average Bonchev–Trinajstić information content (AvgIpc) is 2.99. The first-order valence-corrected chi connectivity index (χ1v) is 16.3. The van der Waals surface area contributed by atoms with E-state index < -0.39 is 28.5 Å². The summed E-state index contributed by atoms with van der Waals surface area (Å²) in [5, 5.41) is 3.30. The highest BCUT2D eigenvalue weighted by Crippen LogP contribution is 2.30. The molecule has 9 heteroatoms. The molecule has 0 radical (unpaired) electrons. The first-order valence-electron chi connectivity index (χ1n) is 14.5. The average molecular weight is 632 g/mol. The summed E-state index contributed by atoms with van der Waals surface area (Å²) in [4.78, 5) is 29.8. The Morgan fingerprint density at radius 3 is 2.00 bits per heavy atom. The zero-order valence-corrected chi connectivity index (χ0v) is 27.0. The van der Waals surface area contributed by atoms with Crippen molar-refractivity contribution in [2.75, 3.05) is 10.8 Å². The summed E-state index contributed by atoms with van der Waals surface area (Å²) in [7, 11) is -4.21. The fourth-order valence-electron chi connectivity index (χ4n) is 4.92. The number of hydrogen-bond donors (Lipinski definition) is 1. The summed E-state index contributed by atoms with van der Waals surface area (Å²) in [5.41, 5.74) is 3.50. The minimum atomic E-state index is -4.21. The van der Waals surface area contributed by atoms with Gasteiger partial charge >= 0.3 is 0 Å². The monoisotopic (exact) mass is 631 g/mol. The molecule has 230 valence electrons. The standard InChI is InChI=1S/C35H38ClN3O4S/c1-25(2)37-35(41)33(21-28-11-7-5-8-12-28)38(23-29-13-9-6-10-14-29)34(40)24-39(32-22-30(36)18-17-27(32)4)44(42,43)31-19-15-26(3)16-20-31/h5-20,22,25,33H,21,23-24H2,1-4H3,(H,37,41)/t33-/m0/s1. The molecular formula is C35H38ClN3O4S. The van der Waals surface area contributed by atoms with Gasteiger partial charge in [0.15, 0.2) is 0 Å². The number of nitrogens with zero attached hydrogens (tertiary/aromatic N) is 2. The zero-order chi connectivity index (χ0) is 31.9. The maximum atomic E-state index is 14.5. The largest absolute Gasteiger partial charge is 0.352 e. The van der Waals surface area contributed by atoms with Crippen LogP contribution in [0.1, 0.15) is 36.1 Å². The van der Waals surface area contributed by atoms with E-state index in [0.29, 0.717) is 10.6 Å². The van der Waals surface area contributed by atoms with Crippen molar-refractivity contribution in [3.8, 4) is 0 Å². The Morgan fingerprint density at radius 2 is 1.41 bits per heavy atom. The lowest BCUT2D eigenvalue weighted by Crippen LogP contribution is -2.54. The molecule has 0 saturated carbocycles. The molecule has 0 aromatic heterocycles. The third kappa shape index (κ3) is 8.27. The topological polar surface area (TPSA) is 86.8 Å². The molecule has 0 unspecified atom stereocenters. The van der Waals surface area contributed by atoms with Crippen LogP contribution in [0.4, 0.5) is 5.69 Å². The molecule has 0 aliphatic rings. The van der Waals surface area contributed by atoms with Gasteiger partial charge in [-0.25, -0.2) is 8.42 Å². The second-order valence-electron chi connectivity index (χ2n) is 11.1. The van der Waals surface area contributed by atoms with Crippen LogP contribution in [0.3, 0.4) is 0 Å². The number of rotatable bonds is 12. The van der Waals surface area contributed by atoms with Crippen molar-refractivity contribution in [1.29, 1.82) is 0 Å². The minimum absolute atomic E-state index is 0.0447. The summed E-state index contributed by atoms with van der Waals surface area (Å²) in [5.74, 6) is -0.844. The quantitative estimate of drug-likeness (QED) is 0.198. The lowest BCUT2D eigenvalue weighted by Gasteiger charge is -2.34. The van der Waals surface area contributed by atoms with Crippen LogP contribution in [0.25, 0.3) is 0 Å². The third-order valence-corrected chi connectivity index (χ3v) is 9.23. The van der Waals surface area contributed by atoms with Gasteiger partial charge in [-0.15, -0.1) is 0 Å². The van der Waals surface area contributed by atoms with Gasteiger partial charge in [0.2, 0.25) is 11.8 Å². The van der Waals surface area contributed by atoms with E-state index in [2.05, 4.69) is 5.32 Å². The van der Waals surface area contributed by atoms with Crippen LogP contribution in [-0.2, 0) is 32.6 Å². The van der Waals surface area contributed by atoms with E-state index in [0.717, 1.165) is 21.0 Å². The molecule has 0 aliphatic heterocycles. The number of nitrogens with one attached hydrogen (secondary N) is 1. The van der Waals surface area contributed by atoms with Crippen LogP contribution in [0.2, 0.25) is 5.02 Å². The number of sulfonamides is 1. The number of halogens is 1. The van der Waals surface area contributed by atoms with Crippen molar-refractivity contribution in [3.05, 3.63) is 130 Å². The fraction of sp³-hybridized carbons (Fsp3) is 0.257. The molecule has 0 spiro atoms. The van der Waals surface area contributed by atoms with Gasteiger partial charge in [-0.3, -0.25) is 13.9 Å². The summed E-state index contributed by atoms with van der Waals surface area (Å²) in [6.07, 6.45) is 0.249. The molecule has 4 aromatic rings. The molecule has 4 rings (SSSR count). The van der Waals surface area contributed by atoms with Gasteiger partial charge in [-0.2, -0.15) is 0 Å². The van der Waals surface area contributed by atoms with E-state index >= 15 is 0 Å². The van der Waals surface area contributed by atoms with Gasteiger partial charge in [-0.1, -0.05) is 96.0 Å². The van der Waals surface area contributed by atoms with Gasteiger partial charge in [0.1, 0.15) is 12.6 Å². The molecule has 2 amide bonds. The Kier molecular flexibility index (Phi) is 10.8. The Morgan fingerprint density at radius 1 is 0.818 bits per heavy atom. The Bertz CT molecular complexity index is 1680. The molecule has 1 atom stereocenters. The summed E-state index contributed by atoms with van der Waals surface area (Å²) in [6, 6.07) is 29.2. The Labute approximate surface area is 265 Å². The molecule has 7 nitrogen and oxygen atoms in total. The number of amides is 2. The second-order valence-corrected chi connectivity index (χ2v) is 13.4. The highest BCUT2D eigenvalue weighted by molar-refractivity contribution is 7.92. The van der Waals surface area contributed by atoms with Crippen LogP contribution in [0.5, 0.6) is 0 Å². The van der Waals surface area contributed by atoms with Crippen molar-refractivity contribution in [1.82, 2.24) is 10.2 Å². The molecule has 0 bridgehead atoms. The van der Waals surface area contributed by atoms with E-state index in [-0.39, 0.29) is 35.5 Å². The highest BCUT2D eigenvalue weighted by atomic mass is 35.5. The number of hydrogen-bond acceptors (Lipinski definition) is 4. The lowest BCUT2D eigenvalue weighted by atomic mass is 10.0. The minimum Gasteiger partial charge on any atom is -0.352 e. The molecule has 0 heterocycles. The predicted octanol–water partition coefficient (Wildman–Crippen LogP) is 6.32. The van der Waals surface area contributed by atoms with Crippen molar-refractivity contribution in [3.63, 3.8) is 0 Å². The van der Waals surface area contributed by atoms with Crippen molar-refractivity contribution >= 4 is 39.1 Å². The van der Waals surface area contributed by atoms with E-state index in [4.69, 9.17) is 11.6 Å². The van der Waals surface area contributed by atoms with Gasteiger partial charge in [0.05, 0.1) is 10.6 Å². The molecule has 4 aromatic carbocycles. The molecule has 0 fully saturated rings. The molecule has 44 heavy (non-hydrogen) atoms. The van der Waals surface area contributed by atoms with Crippen molar-refractivity contribution in [2.45, 2.75) is 57.6 Å². The van der Waals surface area contributed by atoms with E-state index in [1.165, 1.54) is 17.0 Å². The predicted molar refractivity (Wildman–Crippen MR) is 176 cm³/mol. The number of anilines is 1. The van der Waals surface area contributed by atoms with Crippen molar-refractivity contribution in [2.24, 2.45) is 0 Å². The Balaban J connectivity index is 1.82. The number of aryl methyl sites for hydroxylation is 2. The van der Waals surface area contributed by atoms with Gasteiger partial charge in [-0.05, 0) is 68.7 Å². The first kappa shape index (κ1) is 32.8. The number of carbonyl (C=O) groups is 2. The SMILES string of the molecule is Cc1ccc(S(=O)(=O)N(CC(=O)N(Cc2ccccc2)[C@@H](Cc2ccccc2)C(=O)NC(C)C)c2cc(Cl)ccc2C)cc1. The van der Waals surface area contributed by atoms with E-state index in [9.17, 15) is 18.0 Å². The number of carbonyl (C=O) groups excluding carboxylic acids is 2. The number of benzene rings is 4. The summed E-state index contributed by atoms with van der Waals surface area (Å²) >= 11 is 6.35. The van der Waals surface area contributed by atoms with Gasteiger partial charge < -0.3 is 10.2 Å². The van der Waals surface area contributed by atoms with Crippen LogP contribution in [-0.4, -0.2) is 43.8 Å². The first-order chi connectivity index (χ1) is 21.0. The van der Waals surface area contributed by atoms with Crippen LogP contribution < -0.4 is 9.62 Å². The molecule has 0 saturated heterocycles. The second kappa shape index (κ2) is 14.6. The van der Waals surface area contributed by atoms with Crippen LogP contribution >= 0.6 is 11.6 Å². The van der Waals surface area contributed by atoms with Crippen LogP contribution in [0.15, 0.2) is 108 Å². The fourth-order valence-corrected chi connectivity index (χ4v) is 6.55. The van der Waals surface area contributed by atoms with Crippen LogP contribution in [0, 0.1) is 13.8 Å². The molecule has 1 N–H and O–H groups in total. The smallest absolute Gasteiger partial charge is 0.264 e. The van der Waals surface area contributed by atoms with Crippen molar-refractivity contribution < 1.29 is 18.0 Å². The molecule has 0 aliphatic carbocycles. The Hall–Kier alpha value is -4.14. The van der Waals surface area contributed by atoms with E-state index in [1.54, 1.807) is 37.3 Å². The maximum absolute atomic E-state index is 14.5. The van der Waals surface area contributed by atoms with Gasteiger partial charge in [0, 0.05) is 24.0 Å². The van der Waals surface area contributed by atoms with E-state index in [1.807, 2.05) is 81.4 Å². The zero-order valence-electron chi connectivity index (χ0n) is 25.4. The van der Waals surface area contributed by atoms with Gasteiger partial charge in [0.25, 0.3) is 10.0 Å². The third-order valence-electron chi connectivity index (χ3n) is 7.23.